The lowest BCUT2D eigenvalue weighted by Crippen LogP contribution is -2.19. The van der Waals surface area contributed by atoms with Gasteiger partial charge in [0.05, 0.1) is 5.69 Å². The maximum Gasteiger partial charge on any atom is 0.573 e. The van der Waals surface area contributed by atoms with Crippen molar-refractivity contribution in [2.45, 2.75) is 6.36 Å². The van der Waals surface area contributed by atoms with Crippen molar-refractivity contribution in [1.29, 1.82) is 0 Å². The Morgan fingerprint density at radius 3 is 2.43 bits per heavy atom. The molecule has 1 aromatic rings. The summed E-state index contributed by atoms with van der Waals surface area (Å²) in [5.41, 5.74) is 4.67. The van der Waals surface area contributed by atoms with E-state index < -0.39 is 23.7 Å². The summed E-state index contributed by atoms with van der Waals surface area (Å²) in [7, 11) is 0. The van der Waals surface area contributed by atoms with Crippen LogP contribution in [0.2, 0.25) is 0 Å². The Labute approximate surface area is 89.4 Å². The molecule has 8 heteroatoms. The van der Waals surface area contributed by atoms with Gasteiger partial charge in [-0.1, -0.05) is 0 Å². The first kappa shape index (κ1) is 11.3. The number of nitrogens with zero attached hydrogens (tertiary/aromatic N) is 1. The number of hydrogen-bond acceptors (Lipinski definition) is 3. The molecule has 0 amide bonds. The summed E-state index contributed by atoms with van der Waals surface area (Å²) in [4.78, 5) is 3.13. The number of nitrogens with two attached hydrogens (primary N) is 1. The van der Waals surface area contributed by atoms with Gasteiger partial charge in [0.15, 0.2) is 5.75 Å². The van der Waals surface area contributed by atoms with E-state index in [-0.39, 0.29) is 3.70 Å². The monoisotopic (exact) mass is 322 g/mol. The number of ether oxygens (including phenoxy) is 1. The molecule has 0 aliphatic heterocycles. The number of nitrogen functional groups attached to an aromatic ring is 1. The fourth-order valence-electron chi connectivity index (χ4n) is 0.707. The van der Waals surface area contributed by atoms with Crippen molar-refractivity contribution < 1.29 is 22.3 Å². The van der Waals surface area contributed by atoms with E-state index in [0.29, 0.717) is 6.07 Å². The second kappa shape index (κ2) is 3.75. The van der Waals surface area contributed by atoms with Gasteiger partial charge in [0.1, 0.15) is 3.70 Å². The topological polar surface area (TPSA) is 48.1 Å². The molecular weight excluding hydrogens is 319 g/mol. The Kier molecular flexibility index (Phi) is 3.02. The molecule has 0 saturated carbocycles. The lowest BCUT2D eigenvalue weighted by Gasteiger charge is -2.11. The van der Waals surface area contributed by atoms with Crippen LogP contribution in [-0.2, 0) is 0 Å². The zero-order valence-corrected chi connectivity index (χ0v) is 8.56. The third-order valence-corrected chi connectivity index (χ3v) is 1.88. The standard InChI is InChI=1S/C6H3F4IN2O/c7-3-1-2(12)4(5(11)13-3)14-6(8,9)10/h1H,(H2,12,13). The second-order valence-corrected chi connectivity index (χ2v) is 3.22. The molecule has 3 nitrogen and oxygen atoms in total. The van der Waals surface area contributed by atoms with E-state index in [1.54, 1.807) is 0 Å². The SMILES string of the molecule is Nc1cc(F)nc(I)c1OC(F)(F)F. The molecule has 0 radical (unpaired) electrons. The van der Waals surface area contributed by atoms with Crippen LogP contribution in [0.15, 0.2) is 6.07 Å². The third-order valence-electron chi connectivity index (χ3n) is 1.15. The van der Waals surface area contributed by atoms with Gasteiger partial charge in [0.2, 0.25) is 5.95 Å². The van der Waals surface area contributed by atoms with Crippen molar-refractivity contribution in [3.8, 4) is 5.75 Å². The van der Waals surface area contributed by atoms with Gasteiger partial charge in [-0.3, -0.25) is 0 Å². The highest BCUT2D eigenvalue weighted by Crippen LogP contribution is 2.31. The Balaban J connectivity index is 3.09. The van der Waals surface area contributed by atoms with Crippen LogP contribution in [0.1, 0.15) is 0 Å². The van der Waals surface area contributed by atoms with Crippen LogP contribution >= 0.6 is 22.6 Å². The fraction of sp³-hybridized carbons (Fsp3) is 0.167. The minimum absolute atomic E-state index is 0.280. The van der Waals surface area contributed by atoms with Crippen LogP contribution in [0.5, 0.6) is 5.75 Å². The summed E-state index contributed by atoms with van der Waals surface area (Å²) in [5.74, 6) is -1.64. The Morgan fingerprint density at radius 1 is 1.43 bits per heavy atom. The van der Waals surface area contributed by atoms with Gasteiger partial charge in [-0.2, -0.15) is 4.39 Å². The first-order chi connectivity index (χ1) is 6.29. The predicted molar refractivity (Wildman–Crippen MR) is 48.0 cm³/mol. The summed E-state index contributed by atoms with van der Waals surface area (Å²) in [6, 6.07) is 0.656. The number of rotatable bonds is 1. The quantitative estimate of drug-likeness (QED) is 0.490. The van der Waals surface area contributed by atoms with Gasteiger partial charge >= 0.3 is 6.36 Å². The van der Waals surface area contributed by atoms with Gasteiger partial charge in [0.25, 0.3) is 0 Å². The Morgan fingerprint density at radius 2 is 2.00 bits per heavy atom. The maximum atomic E-state index is 12.5. The number of hydrogen-bond donors (Lipinski definition) is 1. The van der Waals surface area contributed by atoms with Gasteiger partial charge in [-0.25, -0.2) is 4.98 Å². The van der Waals surface area contributed by atoms with Crippen LogP contribution in [0.3, 0.4) is 0 Å². The fourth-order valence-corrected chi connectivity index (χ4v) is 1.36. The maximum absolute atomic E-state index is 12.5. The van der Waals surface area contributed by atoms with Crippen LogP contribution in [0.4, 0.5) is 23.2 Å². The normalized spacial score (nSPS) is 11.5. The summed E-state index contributed by atoms with van der Waals surface area (Å²) in [6.45, 7) is 0. The molecule has 0 aliphatic carbocycles. The van der Waals surface area contributed by atoms with Crippen molar-refractivity contribution in [3.63, 3.8) is 0 Å². The van der Waals surface area contributed by atoms with E-state index in [4.69, 9.17) is 5.73 Å². The van der Waals surface area contributed by atoms with Gasteiger partial charge < -0.3 is 10.5 Å². The molecule has 0 saturated heterocycles. The summed E-state index contributed by atoms with van der Waals surface area (Å²) in [5, 5.41) is 0. The molecule has 0 atom stereocenters. The van der Waals surface area contributed by atoms with Crippen molar-refractivity contribution >= 4 is 28.3 Å². The highest BCUT2D eigenvalue weighted by molar-refractivity contribution is 14.1. The molecule has 0 aliphatic rings. The van der Waals surface area contributed by atoms with Crippen LogP contribution in [0, 0.1) is 9.65 Å². The molecule has 1 heterocycles. The van der Waals surface area contributed by atoms with Crippen molar-refractivity contribution in [1.82, 2.24) is 4.98 Å². The number of halogens is 5. The molecule has 1 rings (SSSR count). The predicted octanol–water partition coefficient (Wildman–Crippen LogP) is 2.31. The molecular formula is C6H3F4IN2O. The van der Waals surface area contributed by atoms with E-state index in [0.717, 1.165) is 0 Å². The summed E-state index contributed by atoms with van der Waals surface area (Å²) < 4.78 is 51.2. The van der Waals surface area contributed by atoms with Crippen molar-refractivity contribution in [3.05, 3.63) is 15.7 Å². The lowest BCUT2D eigenvalue weighted by molar-refractivity contribution is -0.274. The largest absolute Gasteiger partial charge is 0.573 e. The third kappa shape index (κ3) is 2.86. The molecule has 0 spiro atoms. The highest BCUT2D eigenvalue weighted by atomic mass is 127. The Bertz CT molecular complexity index is 331. The number of anilines is 1. The molecule has 1 aromatic heterocycles. The molecule has 0 aromatic carbocycles. The van der Waals surface area contributed by atoms with Gasteiger partial charge in [0, 0.05) is 6.07 Å². The molecule has 14 heavy (non-hydrogen) atoms. The molecule has 0 fully saturated rings. The average molecular weight is 322 g/mol. The number of aromatic nitrogens is 1. The van der Waals surface area contributed by atoms with Gasteiger partial charge in [-0.05, 0) is 22.6 Å². The minimum atomic E-state index is -4.87. The smallest absolute Gasteiger partial charge is 0.401 e. The number of pyridine rings is 1. The van der Waals surface area contributed by atoms with Gasteiger partial charge in [-0.15, -0.1) is 13.2 Å². The van der Waals surface area contributed by atoms with E-state index in [1.807, 2.05) is 0 Å². The first-order valence-corrected chi connectivity index (χ1v) is 4.25. The molecule has 0 unspecified atom stereocenters. The van der Waals surface area contributed by atoms with Crippen LogP contribution in [0.25, 0.3) is 0 Å². The van der Waals surface area contributed by atoms with E-state index in [9.17, 15) is 17.6 Å². The highest BCUT2D eigenvalue weighted by Gasteiger charge is 2.33. The second-order valence-electron chi connectivity index (χ2n) is 2.20. The van der Waals surface area contributed by atoms with E-state index >= 15 is 0 Å². The zero-order valence-electron chi connectivity index (χ0n) is 6.40. The average Bonchev–Trinajstić information content (AvgIpc) is 1.95. The van der Waals surface area contributed by atoms with E-state index in [2.05, 4.69) is 9.72 Å². The van der Waals surface area contributed by atoms with E-state index in [1.165, 1.54) is 22.6 Å². The Hall–Kier alpha value is -0.800. The van der Waals surface area contributed by atoms with Crippen molar-refractivity contribution in [2.75, 3.05) is 5.73 Å². The first-order valence-electron chi connectivity index (χ1n) is 3.17. The molecule has 2 N–H and O–H groups in total. The number of alkyl halides is 3. The van der Waals surface area contributed by atoms with Crippen LogP contribution < -0.4 is 10.5 Å². The van der Waals surface area contributed by atoms with Crippen molar-refractivity contribution in [2.24, 2.45) is 0 Å². The molecule has 0 bridgehead atoms. The molecule has 78 valence electrons. The summed E-state index contributed by atoms with van der Waals surface area (Å²) >= 11 is 1.40. The minimum Gasteiger partial charge on any atom is -0.401 e. The zero-order chi connectivity index (χ0) is 10.9. The summed E-state index contributed by atoms with van der Waals surface area (Å²) in [6.07, 6.45) is -4.87. The lowest BCUT2D eigenvalue weighted by atomic mass is 10.4. The van der Waals surface area contributed by atoms with Crippen LogP contribution in [-0.4, -0.2) is 11.3 Å².